The zero-order valence-corrected chi connectivity index (χ0v) is 6.75. The van der Waals surface area contributed by atoms with Crippen molar-refractivity contribution >= 4 is 49.6 Å². The van der Waals surface area contributed by atoms with Gasteiger partial charge in [-0.15, -0.1) is 49.6 Å². The number of hydrogen-bond donors (Lipinski definition) is 3. The lowest BCUT2D eigenvalue weighted by molar-refractivity contribution is 1.97. The first kappa shape index (κ1) is 7.40. The molecule has 0 aliphatic heterocycles. The third kappa shape index (κ3) is 5.40. The second-order valence-corrected chi connectivity index (χ2v) is 5.78. The fraction of sp³-hybridized carbons (Fsp3) is 1.00. The maximum absolute atomic E-state index is 3.95. The topological polar surface area (TPSA) is 0 Å². The third-order valence-electron chi connectivity index (χ3n) is 0.274. The summed E-state index contributed by atoms with van der Waals surface area (Å²) in [6, 6.07) is 0. The lowest BCUT2D eigenvalue weighted by Gasteiger charge is -2.08. The highest BCUT2D eigenvalue weighted by Crippen LogP contribution is 2.34. The van der Waals surface area contributed by atoms with Gasteiger partial charge >= 0.3 is 0 Å². The van der Waals surface area contributed by atoms with Gasteiger partial charge in [-0.25, -0.2) is 0 Å². The normalized spacial score (nSPS) is 12.0. The molecule has 0 aromatic rings. The van der Waals surface area contributed by atoms with Gasteiger partial charge in [0.2, 0.25) is 0 Å². The number of rotatable bonds is 1. The Morgan fingerprint density at radius 2 is 1.50 bits per heavy atom. The zero-order chi connectivity index (χ0) is 5.21. The fourth-order valence-electron chi connectivity index (χ4n) is 0. The van der Waals surface area contributed by atoms with Gasteiger partial charge in [-0.05, 0) is 6.26 Å². The van der Waals surface area contributed by atoms with Crippen LogP contribution in [0.1, 0.15) is 0 Å². The second kappa shape index (κ2) is 2.64. The van der Waals surface area contributed by atoms with Crippen LogP contribution in [0.4, 0.5) is 0 Å². The van der Waals surface area contributed by atoms with Gasteiger partial charge in [0.15, 0.2) is 0 Å². The highest BCUT2D eigenvalue weighted by molar-refractivity contribution is 8.36. The average Bonchev–Trinajstić information content (AvgIpc) is 1.35. The summed E-state index contributed by atoms with van der Waals surface area (Å²) in [5.74, 6) is 0. The van der Waals surface area contributed by atoms with Gasteiger partial charge in [0.1, 0.15) is 2.74 Å². The summed E-state index contributed by atoms with van der Waals surface area (Å²) in [6.45, 7) is 0. The molecule has 0 spiro atoms. The molecule has 0 aliphatic rings. The van der Waals surface area contributed by atoms with Gasteiger partial charge in [0.25, 0.3) is 0 Å². The largest absolute Gasteiger partial charge is 0.144 e. The molecule has 0 radical (unpaired) electrons. The molecule has 0 saturated heterocycles. The lowest BCUT2D eigenvalue weighted by Crippen LogP contribution is -1.89. The minimum atomic E-state index is -0.458. The van der Waals surface area contributed by atoms with E-state index in [2.05, 4.69) is 37.9 Å². The molecule has 0 amide bonds. The van der Waals surface area contributed by atoms with Crippen LogP contribution in [0.25, 0.3) is 0 Å². The van der Waals surface area contributed by atoms with Crippen molar-refractivity contribution in [3.8, 4) is 0 Å². The molecule has 4 heteroatoms. The van der Waals surface area contributed by atoms with Crippen LogP contribution in [0.15, 0.2) is 0 Å². The molecule has 0 saturated carbocycles. The molecule has 0 N–H and O–H groups in total. The highest BCUT2D eigenvalue weighted by atomic mass is 32.3. The summed E-state index contributed by atoms with van der Waals surface area (Å²) in [5.41, 5.74) is 0. The first-order valence-electron chi connectivity index (χ1n) is 1.28. The van der Waals surface area contributed by atoms with Crippen molar-refractivity contribution in [2.45, 2.75) is 2.74 Å². The maximum Gasteiger partial charge on any atom is 0.144 e. The van der Waals surface area contributed by atoms with Gasteiger partial charge in [-0.1, -0.05) is 0 Å². The third-order valence-corrected chi connectivity index (χ3v) is 2.46. The molecule has 0 bridgehead atoms. The SMILES string of the molecule is CSC(S)(S)S. The Bertz CT molecular complexity index is 35.3. The van der Waals surface area contributed by atoms with E-state index in [-0.39, 0.29) is 0 Å². The Hall–Kier alpha value is 1.40. The van der Waals surface area contributed by atoms with E-state index < -0.39 is 2.74 Å². The molecule has 38 valence electrons. The molecule has 0 aromatic carbocycles. The van der Waals surface area contributed by atoms with Gasteiger partial charge in [0.05, 0.1) is 0 Å². The maximum atomic E-state index is 3.95. The molecule has 6 heavy (non-hydrogen) atoms. The van der Waals surface area contributed by atoms with E-state index >= 15 is 0 Å². The fourth-order valence-corrected chi connectivity index (χ4v) is 0. The van der Waals surface area contributed by atoms with Crippen molar-refractivity contribution in [3.05, 3.63) is 0 Å². The van der Waals surface area contributed by atoms with Gasteiger partial charge < -0.3 is 0 Å². The number of thiol groups is 3. The van der Waals surface area contributed by atoms with E-state index in [1.54, 1.807) is 0 Å². The molecule has 0 unspecified atom stereocenters. The Labute approximate surface area is 58.7 Å². The summed E-state index contributed by atoms with van der Waals surface area (Å²) in [7, 11) is 0. The van der Waals surface area contributed by atoms with Crippen LogP contribution < -0.4 is 0 Å². The van der Waals surface area contributed by atoms with Crippen molar-refractivity contribution in [2.24, 2.45) is 0 Å². The Morgan fingerprint density at radius 3 is 1.50 bits per heavy atom. The van der Waals surface area contributed by atoms with E-state index in [4.69, 9.17) is 0 Å². The van der Waals surface area contributed by atoms with E-state index in [1.165, 1.54) is 11.8 Å². The molecule has 0 aromatic heterocycles. The predicted molar refractivity (Wildman–Crippen MR) is 43.2 cm³/mol. The summed E-state index contributed by atoms with van der Waals surface area (Å²) in [5, 5.41) is 0. The molecule has 0 aliphatic carbocycles. The van der Waals surface area contributed by atoms with Crippen molar-refractivity contribution in [2.75, 3.05) is 6.26 Å². The van der Waals surface area contributed by atoms with E-state index in [0.29, 0.717) is 0 Å². The summed E-state index contributed by atoms with van der Waals surface area (Å²) >= 11 is 13.3. The second-order valence-electron chi connectivity index (χ2n) is 0.778. The molecule has 0 atom stereocenters. The van der Waals surface area contributed by atoms with Crippen LogP contribution in [-0.4, -0.2) is 9.00 Å². The molecule has 0 heterocycles. The highest BCUT2D eigenvalue weighted by Gasteiger charge is 2.08. The summed E-state index contributed by atoms with van der Waals surface area (Å²) < 4.78 is -0.458. The standard InChI is InChI=1S/C2H6S4/c1-6-2(3,4)5/h3-5H,1H3. The van der Waals surface area contributed by atoms with Crippen molar-refractivity contribution in [1.29, 1.82) is 0 Å². The van der Waals surface area contributed by atoms with Gasteiger partial charge in [-0.2, -0.15) is 0 Å². The van der Waals surface area contributed by atoms with Crippen molar-refractivity contribution in [3.63, 3.8) is 0 Å². The zero-order valence-electron chi connectivity index (χ0n) is 3.25. The summed E-state index contributed by atoms with van der Waals surface area (Å²) in [6.07, 6.45) is 1.90. The lowest BCUT2D eigenvalue weighted by atomic mass is 11.8. The molecular formula is C2H6S4. The average molecular weight is 158 g/mol. The quantitative estimate of drug-likeness (QED) is 0.386. The Kier molecular flexibility index (Phi) is 3.26. The summed E-state index contributed by atoms with van der Waals surface area (Å²) in [4.78, 5) is 0. The van der Waals surface area contributed by atoms with Crippen molar-refractivity contribution in [1.82, 2.24) is 0 Å². The molecular weight excluding hydrogens is 152 g/mol. The van der Waals surface area contributed by atoms with E-state index in [9.17, 15) is 0 Å². The molecule has 0 fully saturated rings. The smallest absolute Gasteiger partial charge is 0.141 e. The van der Waals surface area contributed by atoms with Crippen LogP contribution in [0, 0.1) is 0 Å². The molecule has 0 nitrogen and oxygen atoms in total. The van der Waals surface area contributed by atoms with Crippen LogP contribution in [-0.2, 0) is 0 Å². The predicted octanol–water partition coefficient (Wildman–Crippen LogP) is 1.75. The Balaban J connectivity index is 3.17. The van der Waals surface area contributed by atoms with Gasteiger partial charge in [0, 0.05) is 0 Å². The minimum absolute atomic E-state index is 0.458. The van der Waals surface area contributed by atoms with E-state index in [0.717, 1.165) is 0 Å². The van der Waals surface area contributed by atoms with Crippen LogP contribution >= 0.6 is 49.6 Å². The van der Waals surface area contributed by atoms with Crippen LogP contribution in [0.5, 0.6) is 0 Å². The minimum Gasteiger partial charge on any atom is -0.141 e. The Morgan fingerprint density at radius 1 is 1.33 bits per heavy atom. The molecule has 0 rings (SSSR count). The number of thioether (sulfide) groups is 1. The number of hydrogen-bond acceptors (Lipinski definition) is 4. The monoisotopic (exact) mass is 158 g/mol. The van der Waals surface area contributed by atoms with E-state index in [1.807, 2.05) is 6.26 Å². The first-order valence-corrected chi connectivity index (χ1v) is 3.85. The van der Waals surface area contributed by atoms with Gasteiger partial charge in [-0.3, -0.25) is 0 Å². The van der Waals surface area contributed by atoms with Crippen LogP contribution in [0.3, 0.4) is 0 Å². The van der Waals surface area contributed by atoms with Crippen LogP contribution in [0.2, 0.25) is 0 Å². The first-order chi connectivity index (χ1) is 2.56. The van der Waals surface area contributed by atoms with Crippen molar-refractivity contribution < 1.29 is 0 Å².